The maximum absolute atomic E-state index is 8.26. The highest BCUT2D eigenvalue weighted by atomic mass is 15.3. The van der Waals surface area contributed by atoms with Gasteiger partial charge in [0.05, 0.1) is 19.0 Å². The first-order valence-corrected chi connectivity index (χ1v) is 3.20. The minimum absolute atomic E-state index is 0.530. The highest BCUT2D eigenvalue weighted by Crippen LogP contribution is 1.95. The maximum Gasteiger partial charge on any atom is 0.0641 e. The topological polar surface area (TPSA) is 41.6 Å². The minimum Gasteiger partial charge on any atom is -0.269 e. The lowest BCUT2D eigenvalue weighted by Crippen LogP contribution is -2.00. The van der Waals surface area contributed by atoms with Gasteiger partial charge in [-0.05, 0) is 13.0 Å². The van der Waals surface area contributed by atoms with Crippen LogP contribution in [0, 0.1) is 18.3 Å². The summed E-state index contributed by atoms with van der Waals surface area (Å²) < 4.78 is 1.82. The Balaban J connectivity index is 2.59. The lowest BCUT2D eigenvalue weighted by molar-refractivity contribution is 0.610. The summed E-state index contributed by atoms with van der Waals surface area (Å²) in [7, 11) is 0. The zero-order valence-corrected chi connectivity index (χ0v) is 5.91. The molecule has 0 aliphatic rings. The molecule has 0 saturated carbocycles. The van der Waals surface area contributed by atoms with Crippen LogP contribution in [0.15, 0.2) is 12.3 Å². The van der Waals surface area contributed by atoms with E-state index in [1.165, 1.54) is 0 Å². The van der Waals surface area contributed by atoms with Crippen molar-refractivity contribution in [2.24, 2.45) is 0 Å². The molecule has 1 aromatic heterocycles. The highest BCUT2D eigenvalue weighted by molar-refractivity contribution is 4.96. The van der Waals surface area contributed by atoms with Crippen molar-refractivity contribution < 1.29 is 0 Å². The summed E-state index contributed by atoms with van der Waals surface area (Å²) in [5.41, 5.74) is 1.11. The lowest BCUT2D eigenvalue weighted by atomic mass is 10.4. The number of rotatable bonds is 2. The van der Waals surface area contributed by atoms with Crippen LogP contribution in [0.25, 0.3) is 0 Å². The van der Waals surface area contributed by atoms with Crippen LogP contribution in [-0.2, 0) is 6.54 Å². The van der Waals surface area contributed by atoms with E-state index in [-0.39, 0.29) is 0 Å². The molecule has 0 atom stereocenters. The quantitative estimate of drug-likeness (QED) is 0.609. The Labute approximate surface area is 59.9 Å². The minimum atomic E-state index is 0.530. The summed E-state index contributed by atoms with van der Waals surface area (Å²) in [6, 6.07) is 4.00. The molecular weight excluding hydrogens is 126 g/mol. The zero-order chi connectivity index (χ0) is 7.40. The van der Waals surface area contributed by atoms with Crippen molar-refractivity contribution in [3.8, 4) is 6.07 Å². The second kappa shape index (κ2) is 3.02. The average Bonchev–Trinajstić information content (AvgIpc) is 2.31. The monoisotopic (exact) mass is 135 g/mol. The van der Waals surface area contributed by atoms with Crippen molar-refractivity contribution >= 4 is 0 Å². The molecule has 3 nitrogen and oxygen atoms in total. The smallest absolute Gasteiger partial charge is 0.0641 e. The van der Waals surface area contributed by atoms with Gasteiger partial charge >= 0.3 is 0 Å². The summed E-state index contributed by atoms with van der Waals surface area (Å²) in [6.45, 7) is 2.68. The van der Waals surface area contributed by atoms with Crippen molar-refractivity contribution in [1.29, 1.82) is 5.26 Å². The van der Waals surface area contributed by atoms with E-state index in [9.17, 15) is 0 Å². The van der Waals surface area contributed by atoms with E-state index in [4.69, 9.17) is 5.26 Å². The van der Waals surface area contributed by atoms with Crippen LogP contribution in [0.5, 0.6) is 0 Å². The number of nitriles is 1. The molecule has 1 heterocycles. The molecule has 0 unspecified atom stereocenters. The molecule has 0 aromatic carbocycles. The normalized spacial score (nSPS) is 9.20. The lowest BCUT2D eigenvalue weighted by Gasteiger charge is -1.97. The molecule has 0 bridgehead atoms. The van der Waals surface area contributed by atoms with E-state index in [0.717, 1.165) is 5.69 Å². The second-order valence-corrected chi connectivity index (χ2v) is 2.10. The van der Waals surface area contributed by atoms with Crippen LogP contribution < -0.4 is 0 Å². The second-order valence-electron chi connectivity index (χ2n) is 2.10. The van der Waals surface area contributed by atoms with Crippen molar-refractivity contribution in [2.45, 2.75) is 19.9 Å². The van der Waals surface area contributed by atoms with Gasteiger partial charge in [-0.15, -0.1) is 0 Å². The molecule has 0 aliphatic heterocycles. The molecule has 1 aromatic rings. The molecule has 10 heavy (non-hydrogen) atoms. The Morgan fingerprint density at radius 3 is 3.10 bits per heavy atom. The van der Waals surface area contributed by atoms with E-state index in [1.54, 1.807) is 6.20 Å². The summed E-state index contributed by atoms with van der Waals surface area (Å²) in [5.74, 6) is 0. The number of hydrogen-bond donors (Lipinski definition) is 0. The number of aryl methyl sites for hydroxylation is 2. The third-order valence-corrected chi connectivity index (χ3v) is 1.36. The van der Waals surface area contributed by atoms with Crippen LogP contribution in [0.1, 0.15) is 12.1 Å². The zero-order valence-electron chi connectivity index (χ0n) is 5.91. The standard InChI is InChI=1S/C7H9N3/c1-7-3-5-9-10(7)6-2-4-8/h3,5H,2,6H2,1H3. The Morgan fingerprint density at radius 2 is 2.60 bits per heavy atom. The molecule has 3 heteroatoms. The molecule has 0 amide bonds. The Hall–Kier alpha value is -1.30. The molecule has 1 rings (SSSR count). The Kier molecular flexibility index (Phi) is 2.06. The molecule has 0 N–H and O–H groups in total. The van der Waals surface area contributed by atoms with Crippen LogP contribution in [0.2, 0.25) is 0 Å². The molecule has 0 radical (unpaired) electrons. The molecule has 0 saturated heterocycles. The van der Waals surface area contributed by atoms with Gasteiger partial charge in [-0.25, -0.2) is 0 Å². The van der Waals surface area contributed by atoms with Gasteiger partial charge in [0.15, 0.2) is 0 Å². The molecular formula is C7H9N3. The van der Waals surface area contributed by atoms with Gasteiger partial charge in [0, 0.05) is 11.9 Å². The molecule has 0 fully saturated rings. The number of hydrogen-bond acceptors (Lipinski definition) is 2. The van der Waals surface area contributed by atoms with Crippen LogP contribution >= 0.6 is 0 Å². The number of aromatic nitrogens is 2. The first kappa shape index (κ1) is 6.81. The van der Waals surface area contributed by atoms with E-state index in [0.29, 0.717) is 13.0 Å². The van der Waals surface area contributed by atoms with Gasteiger partial charge in [-0.1, -0.05) is 0 Å². The van der Waals surface area contributed by atoms with Gasteiger partial charge < -0.3 is 0 Å². The number of nitrogens with zero attached hydrogens (tertiary/aromatic N) is 3. The van der Waals surface area contributed by atoms with E-state index < -0.39 is 0 Å². The Morgan fingerprint density at radius 1 is 1.80 bits per heavy atom. The van der Waals surface area contributed by atoms with Gasteiger partial charge in [-0.3, -0.25) is 4.68 Å². The largest absolute Gasteiger partial charge is 0.269 e. The van der Waals surface area contributed by atoms with Gasteiger partial charge in [-0.2, -0.15) is 10.4 Å². The average molecular weight is 135 g/mol. The Bertz CT molecular complexity index is 244. The van der Waals surface area contributed by atoms with Crippen LogP contribution in [0.4, 0.5) is 0 Å². The van der Waals surface area contributed by atoms with Crippen molar-refractivity contribution in [3.05, 3.63) is 18.0 Å². The van der Waals surface area contributed by atoms with E-state index >= 15 is 0 Å². The summed E-state index contributed by atoms with van der Waals surface area (Å²) in [4.78, 5) is 0. The van der Waals surface area contributed by atoms with Gasteiger partial charge in [0.25, 0.3) is 0 Å². The first-order valence-electron chi connectivity index (χ1n) is 3.20. The fraction of sp³-hybridized carbons (Fsp3) is 0.429. The molecule has 0 aliphatic carbocycles. The van der Waals surface area contributed by atoms with E-state index in [2.05, 4.69) is 11.2 Å². The highest BCUT2D eigenvalue weighted by Gasteiger charge is 1.93. The van der Waals surface area contributed by atoms with Crippen LogP contribution in [-0.4, -0.2) is 9.78 Å². The molecule has 0 spiro atoms. The predicted octanol–water partition coefficient (Wildman–Crippen LogP) is 1.11. The van der Waals surface area contributed by atoms with Crippen molar-refractivity contribution in [1.82, 2.24) is 9.78 Å². The summed E-state index contributed by atoms with van der Waals surface area (Å²) in [5, 5.41) is 12.3. The summed E-state index contributed by atoms with van der Waals surface area (Å²) >= 11 is 0. The fourth-order valence-electron chi connectivity index (χ4n) is 0.789. The van der Waals surface area contributed by atoms with E-state index in [1.807, 2.05) is 17.7 Å². The van der Waals surface area contributed by atoms with Crippen molar-refractivity contribution in [2.75, 3.05) is 0 Å². The SMILES string of the molecule is Cc1ccnn1CCC#N. The van der Waals surface area contributed by atoms with Gasteiger partial charge in [0.2, 0.25) is 0 Å². The third kappa shape index (κ3) is 1.35. The van der Waals surface area contributed by atoms with Gasteiger partial charge in [0.1, 0.15) is 0 Å². The first-order chi connectivity index (χ1) is 4.84. The van der Waals surface area contributed by atoms with Crippen LogP contribution in [0.3, 0.4) is 0 Å². The molecule has 52 valence electrons. The third-order valence-electron chi connectivity index (χ3n) is 1.36. The fourth-order valence-corrected chi connectivity index (χ4v) is 0.789. The summed E-state index contributed by atoms with van der Waals surface area (Å²) in [6.07, 6.45) is 2.27. The maximum atomic E-state index is 8.26. The predicted molar refractivity (Wildman–Crippen MR) is 37.2 cm³/mol. The van der Waals surface area contributed by atoms with Crippen molar-refractivity contribution in [3.63, 3.8) is 0 Å².